The molecule has 1 aromatic carbocycles. The van der Waals surface area contributed by atoms with E-state index >= 15 is 0 Å². The van der Waals surface area contributed by atoms with Gasteiger partial charge in [0.05, 0.1) is 16.3 Å². The van der Waals surface area contributed by atoms with E-state index in [-0.39, 0.29) is 24.9 Å². The highest BCUT2D eigenvalue weighted by Gasteiger charge is 2.32. The monoisotopic (exact) mass is 375 g/mol. The van der Waals surface area contributed by atoms with E-state index in [0.29, 0.717) is 0 Å². The Bertz CT molecular complexity index is 764. The average molecular weight is 375 g/mol. The largest absolute Gasteiger partial charge is 0.444 e. The fourth-order valence-electron chi connectivity index (χ4n) is 3.08. The van der Waals surface area contributed by atoms with Gasteiger partial charge in [0.1, 0.15) is 10.6 Å². The molecular formula is C19H25N3O3S. The van der Waals surface area contributed by atoms with Crippen molar-refractivity contribution in [1.29, 1.82) is 0 Å². The van der Waals surface area contributed by atoms with Gasteiger partial charge in [-0.2, -0.15) is 0 Å². The van der Waals surface area contributed by atoms with Gasteiger partial charge in [-0.15, -0.1) is 11.3 Å². The minimum absolute atomic E-state index is 0.0430. The van der Waals surface area contributed by atoms with E-state index in [4.69, 9.17) is 9.72 Å². The molecule has 6 nitrogen and oxygen atoms in total. The number of thiazole rings is 1. The summed E-state index contributed by atoms with van der Waals surface area (Å²) in [5, 5.41) is 3.65. The lowest BCUT2D eigenvalue weighted by Gasteiger charge is -2.23. The number of rotatable bonds is 4. The SMILES string of the molecule is CC(C)(C)OC(=O)NCCC(=O)N1CCCC1c1nc2ccccc2s1. The highest BCUT2D eigenvalue weighted by atomic mass is 32.1. The van der Waals surface area contributed by atoms with Crippen LogP contribution in [0.15, 0.2) is 24.3 Å². The highest BCUT2D eigenvalue weighted by molar-refractivity contribution is 7.18. The molecule has 2 aromatic rings. The summed E-state index contributed by atoms with van der Waals surface area (Å²) in [5.41, 5.74) is 0.444. The van der Waals surface area contributed by atoms with Crippen LogP contribution in [0.25, 0.3) is 10.2 Å². The van der Waals surface area contributed by atoms with Gasteiger partial charge >= 0.3 is 6.09 Å². The molecule has 0 radical (unpaired) electrons. The number of para-hydroxylation sites is 1. The van der Waals surface area contributed by atoms with E-state index in [1.807, 2.05) is 43.9 Å². The maximum absolute atomic E-state index is 12.6. The Kier molecular flexibility index (Phi) is 5.46. The van der Waals surface area contributed by atoms with Gasteiger partial charge in [-0.3, -0.25) is 4.79 Å². The number of nitrogens with zero attached hydrogens (tertiary/aromatic N) is 2. The number of ether oxygens (including phenoxy) is 1. The number of nitrogens with one attached hydrogen (secondary N) is 1. The number of alkyl carbamates (subject to hydrolysis) is 1. The molecule has 1 unspecified atom stereocenters. The molecule has 2 heterocycles. The first-order chi connectivity index (χ1) is 12.3. The summed E-state index contributed by atoms with van der Waals surface area (Å²) in [5.74, 6) is 0.0443. The van der Waals surface area contributed by atoms with Crippen LogP contribution in [0, 0.1) is 0 Å². The Morgan fingerprint density at radius 2 is 2.12 bits per heavy atom. The lowest BCUT2D eigenvalue weighted by atomic mass is 10.2. The third-order valence-electron chi connectivity index (χ3n) is 4.18. The van der Waals surface area contributed by atoms with Gasteiger partial charge in [0.2, 0.25) is 5.91 Å². The van der Waals surface area contributed by atoms with Crippen LogP contribution in [0.4, 0.5) is 4.79 Å². The highest BCUT2D eigenvalue weighted by Crippen LogP contribution is 2.36. The number of benzene rings is 1. The van der Waals surface area contributed by atoms with Crippen LogP contribution in [-0.4, -0.2) is 40.6 Å². The zero-order valence-corrected chi connectivity index (χ0v) is 16.3. The fourth-order valence-corrected chi connectivity index (χ4v) is 4.20. The molecule has 1 atom stereocenters. The maximum Gasteiger partial charge on any atom is 0.407 e. The smallest absolute Gasteiger partial charge is 0.407 e. The quantitative estimate of drug-likeness (QED) is 0.880. The van der Waals surface area contributed by atoms with E-state index in [1.165, 1.54) is 0 Å². The van der Waals surface area contributed by atoms with Gasteiger partial charge in [-0.05, 0) is 45.7 Å². The molecule has 0 spiro atoms. The Morgan fingerprint density at radius 3 is 2.85 bits per heavy atom. The summed E-state index contributed by atoms with van der Waals surface area (Å²) in [6.07, 6.45) is 1.69. The second-order valence-electron chi connectivity index (χ2n) is 7.44. The number of likely N-dealkylation sites (tertiary alicyclic amines) is 1. The van der Waals surface area contributed by atoms with Crippen molar-refractivity contribution in [3.63, 3.8) is 0 Å². The van der Waals surface area contributed by atoms with Crippen molar-refractivity contribution >= 4 is 33.6 Å². The molecule has 3 rings (SSSR count). The zero-order chi connectivity index (χ0) is 18.7. The number of carbonyl (C=O) groups is 2. The molecular weight excluding hydrogens is 350 g/mol. The summed E-state index contributed by atoms with van der Waals surface area (Å²) in [4.78, 5) is 30.9. The predicted octanol–water partition coefficient (Wildman–Crippen LogP) is 3.87. The van der Waals surface area contributed by atoms with E-state index in [0.717, 1.165) is 34.6 Å². The zero-order valence-electron chi connectivity index (χ0n) is 15.4. The van der Waals surface area contributed by atoms with Crippen LogP contribution < -0.4 is 5.32 Å². The van der Waals surface area contributed by atoms with E-state index in [2.05, 4.69) is 11.4 Å². The van der Waals surface area contributed by atoms with Crippen LogP contribution in [0.3, 0.4) is 0 Å². The molecule has 1 aromatic heterocycles. The van der Waals surface area contributed by atoms with Crippen molar-refractivity contribution < 1.29 is 14.3 Å². The standard InChI is InChI=1S/C19H25N3O3S/c1-19(2,3)25-18(24)20-11-10-16(23)22-12-6-8-14(22)17-21-13-7-4-5-9-15(13)26-17/h4-5,7,9,14H,6,8,10-12H2,1-3H3,(H,20,24). The van der Waals surface area contributed by atoms with Crippen molar-refractivity contribution in [1.82, 2.24) is 15.2 Å². The molecule has 2 amide bonds. The van der Waals surface area contributed by atoms with Gasteiger partial charge in [0.25, 0.3) is 0 Å². The van der Waals surface area contributed by atoms with Crippen molar-refractivity contribution in [3.8, 4) is 0 Å². The molecule has 0 aliphatic carbocycles. The predicted molar refractivity (Wildman–Crippen MR) is 102 cm³/mol. The van der Waals surface area contributed by atoms with Crippen molar-refractivity contribution in [2.45, 2.75) is 51.7 Å². The molecule has 0 saturated carbocycles. The summed E-state index contributed by atoms with van der Waals surface area (Å²) in [7, 11) is 0. The van der Waals surface area contributed by atoms with Crippen LogP contribution in [0.1, 0.15) is 51.1 Å². The summed E-state index contributed by atoms with van der Waals surface area (Å²) in [6, 6.07) is 8.08. The molecule has 7 heteroatoms. The van der Waals surface area contributed by atoms with Crippen LogP contribution in [-0.2, 0) is 9.53 Å². The minimum atomic E-state index is -0.541. The normalized spacial score (nSPS) is 17.5. The summed E-state index contributed by atoms with van der Waals surface area (Å²) >= 11 is 1.66. The molecule has 0 bridgehead atoms. The first-order valence-corrected chi connectivity index (χ1v) is 9.77. The Balaban J connectivity index is 1.57. The molecule has 1 N–H and O–H groups in total. The Labute approximate surface area is 157 Å². The van der Waals surface area contributed by atoms with E-state index in [1.54, 1.807) is 11.3 Å². The Hall–Kier alpha value is -2.15. The molecule has 26 heavy (non-hydrogen) atoms. The van der Waals surface area contributed by atoms with Crippen LogP contribution in [0.5, 0.6) is 0 Å². The lowest BCUT2D eigenvalue weighted by molar-refractivity contribution is -0.132. The number of hydrogen-bond donors (Lipinski definition) is 1. The molecule has 1 fully saturated rings. The van der Waals surface area contributed by atoms with E-state index in [9.17, 15) is 9.59 Å². The number of carbonyl (C=O) groups excluding carboxylic acids is 2. The second kappa shape index (κ2) is 7.61. The number of aromatic nitrogens is 1. The van der Waals surface area contributed by atoms with Gasteiger partial charge in [-0.25, -0.2) is 9.78 Å². The lowest BCUT2D eigenvalue weighted by Crippen LogP contribution is -2.36. The summed E-state index contributed by atoms with van der Waals surface area (Å²) < 4.78 is 6.33. The van der Waals surface area contributed by atoms with Crippen LogP contribution >= 0.6 is 11.3 Å². The minimum Gasteiger partial charge on any atom is -0.444 e. The van der Waals surface area contributed by atoms with Crippen molar-refractivity contribution in [2.75, 3.05) is 13.1 Å². The van der Waals surface area contributed by atoms with E-state index < -0.39 is 11.7 Å². The number of hydrogen-bond acceptors (Lipinski definition) is 5. The topological polar surface area (TPSA) is 71.5 Å². The van der Waals surface area contributed by atoms with Crippen molar-refractivity contribution in [2.24, 2.45) is 0 Å². The summed E-state index contributed by atoms with van der Waals surface area (Å²) in [6.45, 7) is 6.45. The molecule has 1 saturated heterocycles. The molecule has 140 valence electrons. The van der Waals surface area contributed by atoms with Crippen molar-refractivity contribution in [3.05, 3.63) is 29.3 Å². The molecule has 1 aliphatic heterocycles. The van der Waals surface area contributed by atoms with Gasteiger partial charge in [0, 0.05) is 19.5 Å². The van der Waals surface area contributed by atoms with Gasteiger partial charge in [-0.1, -0.05) is 12.1 Å². The van der Waals surface area contributed by atoms with Crippen LogP contribution in [0.2, 0.25) is 0 Å². The average Bonchev–Trinajstić information content (AvgIpc) is 3.19. The second-order valence-corrected chi connectivity index (χ2v) is 8.51. The third kappa shape index (κ3) is 4.52. The fraction of sp³-hybridized carbons (Fsp3) is 0.526. The Morgan fingerprint density at radius 1 is 1.35 bits per heavy atom. The number of fused-ring (bicyclic) bond motifs is 1. The molecule has 1 aliphatic rings. The maximum atomic E-state index is 12.6. The first-order valence-electron chi connectivity index (χ1n) is 8.95. The first kappa shape index (κ1) is 18.6. The third-order valence-corrected chi connectivity index (χ3v) is 5.31. The van der Waals surface area contributed by atoms with Gasteiger partial charge in [0.15, 0.2) is 0 Å². The van der Waals surface area contributed by atoms with Gasteiger partial charge < -0.3 is 15.0 Å². The number of amides is 2.